The van der Waals surface area contributed by atoms with E-state index < -0.39 is 97.5 Å². The van der Waals surface area contributed by atoms with E-state index >= 15 is 0 Å². The van der Waals surface area contributed by atoms with Crippen molar-refractivity contribution in [1.82, 2.24) is 0 Å². The van der Waals surface area contributed by atoms with Crippen molar-refractivity contribution in [1.29, 1.82) is 0 Å². The molecule has 0 aromatic carbocycles. The fourth-order valence-electron chi connectivity index (χ4n) is 12.5. The van der Waals surface area contributed by atoms with Crippen LogP contribution < -0.4 is 0 Å². The Morgan fingerprint density at radius 3 is 0.710 bits per heavy atom. The first kappa shape index (κ1) is 98.1. The summed E-state index contributed by atoms with van der Waals surface area (Å²) in [6, 6.07) is 0. The van der Waals surface area contributed by atoms with Gasteiger partial charge in [-0.2, -0.15) is 0 Å². The molecule has 0 saturated heterocycles. The zero-order chi connectivity index (χ0) is 73.5. The molecular formula is C81H158O17P2. The van der Waals surface area contributed by atoms with E-state index in [2.05, 4.69) is 41.5 Å². The molecule has 0 bridgehead atoms. The molecule has 0 rings (SSSR count). The molecule has 0 spiro atoms. The molecular weight excluding hydrogens is 1310 g/mol. The van der Waals surface area contributed by atoms with Crippen molar-refractivity contribution in [2.24, 2.45) is 11.8 Å². The Kier molecular flexibility index (Phi) is 71.2. The molecule has 100 heavy (non-hydrogen) atoms. The van der Waals surface area contributed by atoms with Crippen molar-refractivity contribution in [3.05, 3.63) is 0 Å². The first-order chi connectivity index (χ1) is 48.4. The molecule has 0 aliphatic heterocycles. The largest absolute Gasteiger partial charge is 0.472 e. The first-order valence-corrected chi connectivity index (χ1v) is 45.1. The maximum Gasteiger partial charge on any atom is 0.472 e. The SMILES string of the molecule is CCCCCCCCCCCCCCCCCCCC(=O)OC[C@H](COP(=O)(O)OC[C@@H](O)COP(=O)(O)OC[C@@H](COC(=O)CCCCCCCCCCC(C)CC)OC(=O)CCCCCCCCCCCCC(C)CC)OC(=O)CCCCCCCCCCCCCCCCCCC. The summed E-state index contributed by atoms with van der Waals surface area (Å²) in [4.78, 5) is 73.1. The van der Waals surface area contributed by atoms with Crippen LogP contribution in [-0.2, 0) is 65.4 Å². The van der Waals surface area contributed by atoms with Gasteiger partial charge in [0.05, 0.1) is 26.4 Å². The second-order valence-electron chi connectivity index (χ2n) is 29.6. The number of carbonyl (C=O) groups excluding carboxylic acids is 4. The molecule has 594 valence electrons. The van der Waals surface area contributed by atoms with Gasteiger partial charge in [-0.3, -0.25) is 37.3 Å². The zero-order valence-electron chi connectivity index (χ0n) is 65.5. The summed E-state index contributed by atoms with van der Waals surface area (Å²) in [7, 11) is -9.92. The quantitative estimate of drug-likeness (QED) is 0.0222. The molecule has 0 aromatic rings. The second kappa shape index (κ2) is 72.6. The molecule has 7 atom stereocenters. The first-order valence-electron chi connectivity index (χ1n) is 42.1. The summed E-state index contributed by atoms with van der Waals surface area (Å²) in [5.74, 6) is -0.527. The Bertz CT molecular complexity index is 1930. The normalized spacial score (nSPS) is 14.4. The maximum absolute atomic E-state index is 13.1. The van der Waals surface area contributed by atoms with Gasteiger partial charge < -0.3 is 33.8 Å². The summed E-state index contributed by atoms with van der Waals surface area (Å²) in [5, 5.41) is 10.6. The average molecular weight is 1470 g/mol. The van der Waals surface area contributed by atoms with Crippen molar-refractivity contribution in [3.8, 4) is 0 Å². The number of phosphoric ester groups is 2. The third-order valence-corrected chi connectivity index (χ3v) is 21.6. The fourth-order valence-corrected chi connectivity index (χ4v) is 14.1. The zero-order valence-corrected chi connectivity index (χ0v) is 67.3. The number of esters is 4. The van der Waals surface area contributed by atoms with Crippen molar-refractivity contribution < 1.29 is 80.2 Å². The highest BCUT2D eigenvalue weighted by Crippen LogP contribution is 2.45. The Morgan fingerprint density at radius 2 is 0.480 bits per heavy atom. The Hall–Kier alpha value is -1.94. The molecule has 0 radical (unpaired) electrons. The Balaban J connectivity index is 5.27. The van der Waals surface area contributed by atoms with Crippen molar-refractivity contribution in [2.45, 2.75) is 445 Å². The fraction of sp³-hybridized carbons (Fsp3) is 0.951. The number of hydrogen-bond donors (Lipinski definition) is 3. The number of carbonyl (C=O) groups is 4. The molecule has 0 amide bonds. The van der Waals surface area contributed by atoms with Crippen LogP contribution in [-0.4, -0.2) is 96.7 Å². The van der Waals surface area contributed by atoms with Gasteiger partial charge in [-0.1, -0.05) is 375 Å². The van der Waals surface area contributed by atoms with Gasteiger partial charge in [0.1, 0.15) is 19.3 Å². The van der Waals surface area contributed by atoms with Crippen molar-refractivity contribution >= 4 is 39.5 Å². The number of aliphatic hydroxyl groups excluding tert-OH is 1. The molecule has 0 fully saturated rings. The van der Waals surface area contributed by atoms with Gasteiger partial charge >= 0.3 is 39.5 Å². The van der Waals surface area contributed by atoms with E-state index in [9.17, 15) is 43.2 Å². The van der Waals surface area contributed by atoms with E-state index in [0.717, 1.165) is 102 Å². The number of phosphoric acid groups is 2. The minimum Gasteiger partial charge on any atom is -0.462 e. The average Bonchev–Trinajstić information content (AvgIpc) is 0.965. The minimum atomic E-state index is -4.96. The summed E-state index contributed by atoms with van der Waals surface area (Å²) >= 11 is 0. The second-order valence-corrected chi connectivity index (χ2v) is 32.6. The van der Waals surface area contributed by atoms with Crippen LogP contribution in [0.4, 0.5) is 0 Å². The van der Waals surface area contributed by atoms with E-state index in [1.54, 1.807) is 0 Å². The maximum atomic E-state index is 13.1. The summed E-state index contributed by atoms with van der Waals surface area (Å²) in [6.07, 6.45) is 62.2. The van der Waals surface area contributed by atoms with Gasteiger partial charge in [-0.05, 0) is 37.5 Å². The highest BCUT2D eigenvalue weighted by atomic mass is 31.2. The van der Waals surface area contributed by atoms with E-state index in [1.165, 1.54) is 244 Å². The highest BCUT2D eigenvalue weighted by Gasteiger charge is 2.30. The summed E-state index contributed by atoms with van der Waals surface area (Å²) < 4.78 is 68.8. The van der Waals surface area contributed by atoms with E-state index in [-0.39, 0.29) is 25.7 Å². The molecule has 0 aliphatic carbocycles. The third kappa shape index (κ3) is 71.7. The number of rotatable bonds is 80. The van der Waals surface area contributed by atoms with Gasteiger partial charge in [0.15, 0.2) is 12.2 Å². The van der Waals surface area contributed by atoms with Gasteiger partial charge in [-0.25, -0.2) is 9.13 Å². The predicted octanol–water partition coefficient (Wildman–Crippen LogP) is 24.3. The molecule has 0 saturated carbocycles. The third-order valence-electron chi connectivity index (χ3n) is 19.7. The topological polar surface area (TPSA) is 237 Å². The van der Waals surface area contributed by atoms with Crippen molar-refractivity contribution in [3.63, 3.8) is 0 Å². The number of ether oxygens (including phenoxy) is 4. The lowest BCUT2D eigenvalue weighted by Gasteiger charge is -2.21. The Labute approximate surface area is 613 Å². The lowest BCUT2D eigenvalue weighted by molar-refractivity contribution is -0.161. The lowest BCUT2D eigenvalue weighted by atomic mass is 9.99. The van der Waals surface area contributed by atoms with E-state index in [4.69, 9.17) is 37.0 Å². The summed E-state index contributed by atoms with van der Waals surface area (Å²) in [5.41, 5.74) is 0. The molecule has 19 heteroatoms. The minimum absolute atomic E-state index is 0.106. The lowest BCUT2D eigenvalue weighted by Crippen LogP contribution is -2.30. The van der Waals surface area contributed by atoms with E-state index in [0.29, 0.717) is 25.7 Å². The predicted molar refractivity (Wildman–Crippen MR) is 409 cm³/mol. The van der Waals surface area contributed by atoms with Crippen LogP contribution >= 0.6 is 15.6 Å². The summed E-state index contributed by atoms with van der Waals surface area (Å²) in [6.45, 7) is 9.67. The van der Waals surface area contributed by atoms with Gasteiger partial charge in [0, 0.05) is 25.7 Å². The van der Waals surface area contributed by atoms with Gasteiger partial charge in [-0.15, -0.1) is 0 Å². The van der Waals surface area contributed by atoms with Gasteiger partial charge in [0.2, 0.25) is 0 Å². The number of unbranched alkanes of at least 4 members (excludes halogenated alkanes) is 48. The number of hydrogen-bond acceptors (Lipinski definition) is 15. The monoisotopic (exact) mass is 1470 g/mol. The standard InChI is InChI=1S/C81H158O17P2/c1-7-11-13-15-17-19-21-23-25-27-29-31-33-38-45-51-57-63-78(83)91-69-76(97-80(85)65-59-53-47-39-34-32-30-28-26-24-22-20-18-16-14-12-8-2)71-95-99(87,88)93-67-75(82)68-94-100(89,90)96-72-77(70-92-79(84)64-58-52-46-42-41-44-50-56-62-74(6)10-4)98-81(86)66-60-54-48-40-36-35-37-43-49-55-61-73(5)9-3/h73-77,82H,7-72H2,1-6H3,(H,87,88)(H,89,90)/t73?,74?,75-,76-,77-/m1/s1. The van der Waals surface area contributed by atoms with Crippen LogP contribution in [0.15, 0.2) is 0 Å². The number of aliphatic hydroxyl groups is 1. The van der Waals surface area contributed by atoms with Gasteiger partial charge in [0.25, 0.3) is 0 Å². The van der Waals surface area contributed by atoms with Crippen LogP contribution in [0, 0.1) is 11.8 Å². The molecule has 0 aliphatic rings. The van der Waals surface area contributed by atoms with Crippen molar-refractivity contribution in [2.75, 3.05) is 39.6 Å². The van der Waals surface area contributed by atoms with E-state index in [1.807, 2.05) is 0 Å². The van der Waals surface area contributed by atoms with Crippen LogP contribution in [0.25, 0.3) is 0 Å². The van der Waals surface area contributed by atoms with Crippen LogP contribution in [0.5, 0.6) is 0 Å². The molecule has 3 N–H and O–H groups in total. The highest BCUT2D eigenvalue weighted by molar-refractivity contribution is 7.47. The Morgan fingerprint density at radius 1 is 0.280 bits per heavy atom. The molecule has 17 nitrogen and oxygen atoms in total. The smallest absolute Gasteiger partial charge is 0.462 e. The van der Waals surface area contributed by atoms with Crippen LogP contribution in [0.2, 0.25) is 0 Å². The van der Waals surface area contributed by atoms with Crippen LogP contribution in [0.3, 0.4) is 0 Å². The molecule has 0 aromatic heterocycles. The molecule has 4 unspecified atom stereocenters. The van der Waals surface area contributed by atoms with Crippen LogP contribution in [0.1, 0.15) is 427 Å². The molecule has 0 heterocycles.